The highest BCUT2D eigenvalue weighted by molar-refractivity contribution is 6.00. The van der Waals surface area contributed by atoms with Crippen LogP contribution in [0.3, 0.4) is 0 Å². The molecule has 0 heterocycles. The number of rotatable bonds is 13. The van der Waals surface area contributed by atoms with E-state index in [0.29, 0.717) is 24.9 Å². The summed E-state index contributed by atoms with van der Waals surface area (Å²) in [5.74, 6) is -1.21. The molecule has 7 heteroatoms. The summed E-state index contributed by atoms with van der Waals surface area (Å²) >= 11 is 0. The fourth-order valence-electron chi connectivity index (χ4n) is 2.33. The lowest BCUT2D eigenvalue weighted by molar-refractivity contribution is -0.143. The van der Waals surface area contributed by atoms with E-state index in [1.807, 2.05) is 13.8 Å². The molecular formula is C23H36FN3O3. The normalized spacial score (nSPS) is 12.5. The number of alkyl halides is 1. The standard InChI is InChI=1S/C21H30FN3O3.C2H6/c1-5-8-18(9-6-2)19(22)15-24(4)20(27)14-21(28)25(16-26)13-11-17(7-3)10-12-23;1-2/h5-10,16,19H,1,3,11-15,23H2,2,4H3;1-2H3/b9-6-,17-10+,18-8+;. The smallest absolute Gasteiger partial charge is 0.238 e. The number of hydrogen-bond donors (Lipinski definition) is 1. The van der Waals surface area contributed by atoms with E-state index in [4.69, 9.17) is 5.73 Å². The molecule has 3 amide bonds. The Morgan fingerprint density at radius 2 is 1.83 bits per heavy atom. The Morgan fingerprint density at radius 1 is 1.20 bits per heavy atom. The van der Waals surface area contributed by atoms with Crippen molar-refractivity contribution in [2.45, 2.75) is 39.8 Å². The minimum absolute atomic E-state index is 0.108. The number of carbonyl (C=O) groups is 3. The summed E-state index contributed by atoms with van der Waals surface area (Å²) in [6, 6.07) is 0. The van der Waals surface area contributed by atoms with Gasteiger partial charge in [0.05, 0.1) is 6.54 Å². The number of imide groups is 1. The molecule has 0 rings (SSSR count). The topological polar surface area (TPSA) is 83.7 Å². The molecule has 0 aliphatic rings. The van der Waals surface area contributed by atoms with Crippen molar-refractivity contribution in [1.29, 1.82) is 0 Å². The van der Waals surface area contributed by atoms with Crippen LogP contribution in [0.2, 0.25) is 0 Å². The van der Waals surface area contributed by atoms with E-state index in [1.165, 1.54) is 19.2 Å². The highest BCUT2D eigenvalue weighted by atomic mass is 19.1. The Hall–Kier alpha value is -2.80. The molecule has 1 unspecified atom stereocenters. The van der Waals surface area contributed by atoms with Gasteiger partial charge in [-0.05, 0) is 24.5 Å². The molecule has 0 fully saturated rings. The summed E-state index contributed by atoms with van der Waals surface area (Å²) < 4.78 is 14.4. The summed E-state index contributed by atoms with van der Waals surface area (Å²) in [4.78, 5) is 37.7. The van der Waals surface area contributed by atoms with Crippen LogP contribution in [0.25, 0.3) is 0 Å². The lowest BCUT2D eigenvalue weighted by atomic mass is 10.1. The van der Waals surface area contributed by atoms with Gasteiger partial charge in [-0.25, -0.2) is 4.39 Å². The number of nitrogens with two attached hydrogens (primary N) is 1. The number of halogens is 1. The first-order chi connectivity index (χ1) is 14.3. The van der Waals surface area contributed by atoms with Gasteiger partial charge in [0.25, 0.3) is 0 Å². The second-order valence-electron chi connectivity index (χ2n) is 5.98. The molecule has 0 aromatic carbocycles. The molecule has 0 aromatic heterocycles. The number of nitrogens with zero attached hydrogens (tertiary/aromatic N) is 2. The van der Waals surface area contributed by atoms with Gasteiger partial charge in [-0.2, -0.15) is 0 Å². The van der Waals surface area contributed by atoms with E-state index in [-0.39, 0.29) is 13.1 Å². The molecule has 6 nitrogen and oxygen atoms in total. The first-order valence-electron chi connectivity index (χ1n) is 9.94. The van der Waals surface area contributed by atoms with Crippen LogP contribution < -0.4 is 5.73 Å². The Balaban J connectivity index is 0. The molecule has 0 saturated carbocycles. The predicted molar refractivity (Wildman–Crippen MR) is 121 cm³/mol. The molecule has 30 heavy (non-hydrogen) atoms. The van der Waals surface area contributed by atoms with Crippen molar-refractivity contribution in [1.82, 2.24) is 9.80 Å². The van der Waals surface area contributed by atoms with Crippen molar-refractivity contribution in [3.05, 3.63) is 60.8 Å². The monoisotopic (exact) mass is 421 g/mol. The van der Waals surface area contributed by atoms with Crippen LogP contribution in [0.4, 0.5) is 4.39 Å². The van der Waals surface area contributed by atoms with Gasteiger partial charge in [0.2, 0.25) is 18.2 Å². The van der Waals surface area contributed by atoms with Crippen LogP contribution in [0, 0.1) is 0 Å². The van der Waals surface area contributed by atoms with Crippen LogP contribution in [-0.4, -0.2) is 60.9 Å². The molecule has 0 saturated heterocycles. The number of allylic oxidation sites excluding steroid dienone is 5. The van der Waals surface area contributed by atoms with Crippen LogP contribution in [0.15, 0.2) is 60.8 Å². The van der Waals surface area contributed by atoms with Gasteiger partial charge < -0.3 is 10.6 Å². The highest BCUT2D eigenvalue weighted by Gasteiger charge is 2.22. The zero-order valence-electron chi connectivity index (χ0n) is 18.6. The first-order valence-corrected chi connectivity index (χ1v) is 9.94. The van der Waals surface area contributed by atoms with E-state index < -0.39 is 24.4 Å². The lowest BCUT2D eigenvalue weighted by Gasteiger charge is -2.22. The Bertz CT molecular complexity index is 654. The van der Waals surface area contributed by atoms with Crippen LogP contribution in [0.5, 0.6) is 0 Å². The summed E-state index contributed by atoms with van der Waals surface area (Å²) in [7, 11) is 1.41. The van der Waals surface area contributed by atoms with Crippen molar-refractivity contribution in [3.63, 3.8) is 0 Å². The van der Waals surface area contributed by atoms with Crippen LogP contribution >= 0.6 is 0 Å². The van der Waals surface area contributed by atoms with Gasteiger partial charge in [0, 0.05) is 20.1 Å². The van der Waals surface area contributed by atoms with Crippen molar-refractivity contribution in [2.24, 2.45) is 5.73 Å². The average Bonchev–Trinajstić information content (AvgIpc) is 2.74. The zero-order chi connectivity index (χ0) is 23.5. The molecule has 0 radical (unpaired) electrons. The zero-order valence-corrected chi connectivity index (χ0v) is 18.6. The molecule has 0 spiro atoms. The molecule has 2 N–H and O–H groups in total. The summed E-state index contributed by atoms with van der Waals surface area (Å²) in [5, 5.41) is 0. The summed E-state index contributed by atoms with van der Waals surface area (Å²) in [6.45, 7) is 13.1. The number of amides is 3. The van der Waals surface area contributed by atoms with Gasteiger partial charge in [-0.1, -0.05) is 63.5 Å². The Kier molecular flexibility index (Phi) is 17.9. The summed E-state index contributed by atoms with van der Waals surface area (Å²) in [5.41, 5.74) is 6.61. The molecule has 168 valence electrons. The minimum atomic E-state index is -1.42. The van der Waals surface area contributed by atoms with Crippen molar-refractivity contribution >= 4 is 18.2 Å². The number of hydrogen-bond acceptors (Lipinski definition) is 4. The molecule has 0 aliphatic heterocycles. The van der Waals surface area contributed by atoms with Gasteiger partial charge in [-0.3, -0.25) is 19.3 Å². The van der Waals surface area contributed by atoms with Gasteiger partial charge in [0.1, 0.15) is 12.6 Å². The maximum Gasteiger partial charge on any atom is 0.238 e. The third-order valence-corrected chi connectivity index (χ3v) is 3.92. The third kappa shape index (κ3) is 11.9. The van der Waals surface area contributed by atoms with Crippen molar-refractivity contribution in [2.75, 3.05) is 26.7 Å². The fourth-order valence-corrected chi connectivity index (χ4v) is 2.33. The van der Waals surface area contributed by atoms with Crippen molar-refractivity contribution in [3.8, 4) is 0 Å². The first kappa shape index (κ1) is 29.4. The second kappa shape index (κ2) is 18.2. The molecule has 0 aromatic rings. The quantitative estimate of drug-likeness (QED) is 0.281. The largest absolute Gasteiger partial charge is 0.342 e. The van der Waals surface area contributed by atoms with Crippen LogP contribution in [0.1, 0.15) is 33.6 Å². The lowest BCUT2D eigenvalue weighted by Crippen LogP contribution is -2.38. The van der Waals surface area contributed by atoms with Gasteiger partial charge in [0.15, 0.2) is 0 Å². The minimum Gasteiger partial charge on any atom is -0.342 e. The molecular weight excluding hydrogens is 385 g/mol. The van der Waals surface area contributed by atoms with Crippen molar-refractivity contribution < 1.29 is 18.8 Å². The Morgan fingerprint density at radius 3 is 2.30 bits per heavy atom. The Labute approximate surface area is 180 Å². The van der Waals surface area contributed by atoms with E-state index in [0.717, 1.165) is 15.4 Å². The highest BCUT2D eigenvalue weighted by Crippen LogP contribution is 2.12. The maximum absolute atomic E-state index is 14.4. The molecule has 0 bridgehead atoms. The van der Waals surface area contributed by atoms with E-state index >= 15 is 0 Å². The van der Waals surface area contributed by atoms with Gasteiger partial charge >= 0.3 is 0 Å². The number of carbonyl (C=O) groups excluding carboxylic acids is 3. The molecule has 1 atom stereocenters. The van der Waals surface area contributed by atoms with E-state index in [1.54, 1.807) is 31.2 Å². The summed E-state index contributed by atoms with van der Waals surface area (Å²) in [6.07, 6.45) is 8.43. The van der Waals surface area contributed by atoms with E-state index in [2.05, 4.69) is 13.2 Å². The average molecular weight is 422 g/mol. The molecule has 0 aliphatic carbocycles. The fraction of sp³-hybridized carbons (Fsp3) is 0.435. The third-order valence-electron chi connectivity index (χ3n) is 3.92. The SMILES string of the molecule is C=C/C=C(\C=C/C)C(F)CN(C)C(=O)CC(=O)N(C=O)CC/C(C=C)=C/CN.CC. The van der Waals surface area contributed by atoms with E-state index in [9.17, 15) is 18.8 Å². The van der Waals surface area contributed by atoms with Gasteiger partial charge in [-0.15, -0.1) is 0 Å². The predicted octanol–water partition coefficient (Wildman–Crippen LogP) is 3.33. The second-order valence-corrected chi connectivity index (χ2v) is 5.98. The van der Waals surface area contributed by atoms with Crippen LogP contribution in [-0.2, 0) is 14.4 Å². The maximum atomic E-state index is 14.4.